The molecule has 0 radical (unpaired) electrons. The van der Waals surface area contributed by atoms with Crippen LogP contribution in [0.1, 0.15) is 25.3 Å². The molecule has 0 saturated heterocycles. The van der Waals surface area contributed by atoms with Crippen molar-refractivity contribution in [3.8, 4) is 0 Å². The summed E-state index contributed by atoms with van der Waals surface area (Å²) in [7, 11) is 0. The number of rotatable bonds is 1. The fraction of sp³-hybridized carbons (Fsp3) is 0.333. The van der Waals surface area contributed by atoms with Gasteiger partial charge in [-0.1, -0.05) is 41.4 Å². The van der Waals surface area contributed by atoms with E-state index in [0.717, 1.165) is 9.50 Å². The maximum atomic E-state index is 5.86. The van der Waals surface area contributed by atoms with E-state index in [-0.39, 0.29) is 0 Å². The molecular weight excluding hydrogens is 223 g/mol. The highest BCUT2D eigenvalue weighted by Gasteiger charge is 2.00. The molecule has 0 aliphatic rings. The lowest BCUT2D eigenvalue weighted by atomic mass is 10.0. The highest BCUT2D eigenvalue weighted by Crippen LogP contribution is 2.24. The summed E-state index contributed by atoms with van der Waals surface area (Å²) in [4.78, 5) is 0. The molecule has 1 aromatic rings. The second-order valence-electron chi connectivity index (χ2n) is 2.86. The van der Waals surface area contributed by atoms with Crippen LogP contribution < -0.4 is 0 Å². The third-order valence-electron chi connectivity index (χ3n) is 1.55. The fourth-order valence-corrected chi connectivity index (χ4v) is 1.79. The summed E-state index contributed by atoms with van der Waals surface area (Å²) in [5, 5.41) is 0.795. The zero-order valence-electron chi connectivity index (χ0n) is 6.57. The monoisotopic (exact) mass is 232 g/mol. The van der Waals surface area contributed by atoms with Gasteiger partial charge in [-0.05, 0) is 29.7 Å². The van der Waals surface area contributed by atoms with E-state index in [9.17, 15) is 0 Å². The van der Waals surface area contributed by atoms with E-state index in [1.807, 2.05) is 12.1 Å². The van der Waals surface area contributed by atoms with E-state index >= 15 is 0 Å². The molecule has 0 spiro atoms. The predicted octanol–water partition coefficient (Wildman–Crippen LogP) is 4.23. The number of hydrogen-bond acceptors (Lipinski definition) is 0. The van der Waals surface area contributed by atoms with Gasteiger partial charge >= 0.3 is 0 Å². The van der Waals surface area contributed by atoms with Crippen molar-refractivity contribution < 1.29 is 0 Å². The maximum Gasteiger partial charge on any atom is 0.0420 e. The Balaban J connectivity index is 3.08. The van der Waals surface area contributed by atoms with Crippen LogP contribution in [-0.4, -0.2) is 0 Å². The predicted molar refractivity (Wildman–Crippen MR) is 53.2 cm³/mol. The first kappa shape index (κ1) is 9.08. The molecule has 0 nitrogen and oxygen atoms in total. The number of benzene rings is 1. The average molecular weight is 234 g/mol. The third-order valence-corrected chi connectivity index (χ3v) is 2.23. The largest absolute Gasteiger partial charge is 0.0843 e. The molecule has 1 rings (SSSR count). The molecule has 0 aliphatic carbocycles. The van der Waals surface area contributed by atoms with Crippen molar-refractivity contribution in [2.24, 2.45) is 0 Å². The van der Waals surface area contributed by atoms with Crippen molar-refractivity contribution in [3.05, 3.63) is 33.3 Å². The van der Waals surface area contributed by atoms with Crippen molar-refractivity contribution in [3.63, 3.8) is 0 Å². The Bertz CT molecular complexity index is 235. The van der Waals surface area contributed by atoms with Crippen LogP contribution in [0, 0.1) is 0 Å². The highest BCUT2D eigenvalue weighted by molar-refractivity contribution is 9.10. The lowest BCUT2D eigenvalue weighted by Gasteiger charge is -2.05. The minimum atomic E-state index is 0.532. The van der Waals surface area contributed by atoms with Crippen molar-refractivity contribution in [2.75, 3.05) is 0 Å². The molecule has 0 amide bonds. The Morgan fingerprint density at radius 2 is 1.91 bits per heavy atom. The van der Waals surface area contributed by atoms with Gasteiger partial charge in [0.25, 0.3) is 0 Å². The van der Waals surface area contributed by atoms with Gasteiger partial charge in [0.2, 0.25) is 0 Å². The lowest BCUT2D eigenvalue weighted by molar-refractivity contribution is 0.866. The fourth-order valence-electron chi connectivity index (χ4n) is 0.908. The van der Waals surface area contributed by atoms with Gasteiger partial charge in [-0.25, -0.2) is 0 Å². The SMILES string of the molecule is CC(C)c1cc(Cl)cc(Br)c1. The Morgan fingerprint density at radius 3 is 2.36 bits per heavy atom. The standard InChI is InChI=1S/C9H10BrCl/c1-6(2)7-3-8(10)5-9(11)4-7/h3-6H,1-2H3. The van der Waals surface area contributed by atoms with Crippen LogP contribution in [0.25, 0.3) is 0 Å². The Kier molecular flexibility index (Phi) is 2.97. The summed E-state index contributed by atoms with van der Waals surface area (Å²) < 4.78 is 1.05. The van der Waals surface area contributed by atoms with Gasteiger partial charge in [-0.15, -0.1) is 0 Å². The van der Waals surface area contributed by atoms with E-state index in [1.165, 1.54) is 5.56 Å². The highest BCUT2D eigenvalue weighted by atomic mass is 79.9. The molecule has 2 heteroatoms. The second-order valence-corrected chi connectivity index (χ2v) is 4.21. The van der Waals surface area contributed by atoms with E-state index in [0.29, 0.717) is 5.92 Å². The van der Waals surface area contributed by atoms with Crippen molar-refractivity contribution in [2.45, 2.75) is 19.8 Å². The zero-order valence-corrected chi connectivity index (χ0v) is 8.91. The Labute approximate surface area is 80.7 Å². The lowest BCUT2D eigenvalue weighted by Crippen LogP contribution is -1.86. The first-order valence-electron chi connectivity index (χ1n) is 3.55. The van der Waals surface area contributed by atoms with E-state index < -0.39 is 0 Å². The van der Waals surface area contributed by atoms with Crippen LogP contribution in [0.2, 0.25) is 5.02 Å². The molecular formula is C9H10BrCl. The molecule has 0 unspecified atom stereocenters. The molecule has 0 atom stereocenters. The topological polar surface area (TPSA) is 0 Å². The summed E-state index contributed by atoms with van der Waals surface area (Å²) >= 11 is 9.26. The van der Waals surface area contributed by atoms with Gasteiger partial charge in [-0.2, -0.15) is 0 Å². The third kappa shape index (κ3) is 2.49. The summed E-state index contributed by atoms with van der Waals surface area (Å²) in [5.74, 6) is 0.532. The van der Waals surface area contributed by atoms with E-state index in [1.54, 1.807) is 0 Å². The number of halogens is 2. The quantitative estimate of drug-likeness (QED) is 0.681. The molecule has 0 heterocycles. The van der Waals surface area contributed by atoms with Gasteiger partial charge in [0.15, 0.2) is 0 Å². The first-order chi connectivity index (χ1) is 5.09. The first-order valence-corrected chi connectivity index (χ1v) is 4.72. The van der Waals surface area contributed by atoms with Crippen LogP contribution in [0.15, 0.2) is 22.7 Å². The molecule has 1 aromatic carbocycles. The van der Waals surface area contributed by atoms with Crippen LogP contribution in [0.3, 0.4) is 0 Å². The zero-order chi connectivity index (χ0) is 8.43. The van der Waals surface area contributed by atoms with Gasteiger partial charge in [0.1, 0.15) is 0 Å². The molecule has 0 aromatic heterocycles. The summed E-state index contributed by atoms with van der Waals surface area (Å²) in [6.07, 6.45) is 0. The normalized spacial score (nSPS) is 10.6. The van der Waals surface area contributed by atoms with E-state index in [4.69, 9.17) is 11.6 Å². The number of hydrogen-bond donors (Lipinski definition) is 0. The van der Waals surface area contributed by atoms with Gasteiger partial charge < -0.3 is 0 Å². The average Bonchev–Trinajstić information content (AvgIpc) is 1.85. The summed E-state index contributed by atoms with van der Waals surface area (Å²) in [5.41, 5.74) is 1.27. The maximum absolute atomic E-state index is 5.86. The second kappa shape index (κ2) is 3.59. The Morgan fingerprint density at radius 1 is 1.27 bits per heavy atom. The van der Waals surface area contributed by atoms with Crippen LogP contribution in [0.4, 0.5) is 0 Å². The molecule has 0 aliphatic heterocycles. The smallest absolute Gasteiger partial charge is 0.0420 e. The summed E-state index contributed by atoms with van der Waals surface area (Å²) in [6.45, 7) is 4.30. The molecule has 11 heavy (non-hydrogen) atoms. The van der Waals surface area contributed by atoms with Crippen molar-refractivity contribution in [1.29, 1.82) is 0 Å². The van der Waals surface area contributed by atoms with Gasteiger partial charge in [-0.3, -0.25) is 0 Å². The van der Waals surface area contributed by atoms with Gasteiger partial charge in [0.05, 0.1) is 0 Å². The van der Waals surface area contributed by atoms with Crippen LogP contribution >= 0.6 is 27.5 Å². The van der Waals surface area contributed by atoms with Crippen LogP contribution in [-0.2, 0) is 0 Å². The minimum absolute atomic E-state index is 0.532. The van der Waals surface area contributed by atoms with Crippen LogP contribution in [0.5, 0.6) is 0 Å². The van der Waals surface area contributed by atoms with Crippen molar-refractivity contribution in [1.82, 2.24) is 0 Å². The summed E-state index contributed by atoms with van der Waals surface area (Å²) in [6, 6.07) is 5.99. The minimum Gasteiger partial charge on any atom is -0.0843 e. The molecule has 0 fully saturated rings. The van der Waals surface area contributed by atoms with Crippen molar-refractivity contribution >= 4 is 27.5 Å². The van der Waals surface area contributed by atoms with E-state index in [2.05, 4.69) is 35.8 Å². The molecule has 0 bridgehead atoms. The molecule has 0 N–H and O–H groups in total. The van der Waals surface area contributed by atoms with Gasteiger partial charge in [0, 0.05) is 9.50 Å². The molecule has 60 valence electrons. The Hall–Kier alpha value is -0.0100. The molecule has 0 saturated carbocycles.